The predicted molar refractivity (Wildman–Crippen MR) is 355 cm³/mol. The van der Waals surface area contributed by atoms with Crippen LogP contribution in [-0.4, -0.2) is 66.0 Å². The Morgan fingerprint density at radius 1 is 0.447 bits per heavy atom. The smallest absolute Gasteiger partial charge is 0.258 e. The molecule has 7 aromatic carbocycles. The van der Waals surface area contributed by atoms with Crippen molar-refractivity contribution in [2.24, 2.45) is 0 Å². The zero-order chi connectivity index (χ0) is 60.6. The largest absolute Gasteiger partial charge is 0.457 e. The Balaban J connectivity index is 1.10. The van der Waals surface area contributed by atoms with Crippen molar-refractivity contribution >= 4 is 78.4 Å². The molecule has 3 heterocycles. The maximum Gasteiger partial charge on any atom is 0.258 e. The number of benzene rings is 7. The lowest BCUT2D eigenvalue weighted by molar-refractivity contribution is 0.0844. The van der Waals surface area contributed by atoms with Crippen LogP contribution in [0.1, 0.15) is 217 Å². The van der Waals surface area contributed by atoms with Crippen molar-refractivity contribution < 1.29 is 19.1 Å². The molecule has 12 heteroatoms. The number of anilines is 4. The van der Waals surface area contributed by atoms with E-state index in [2.05, 4.69) is 189 Å². The minimum Gasteiger partial charge on any atom is -0.457 e. The van der Waals surface area contributed by atoms with Gasteiger partial charge in [0.15, 0.2) is 0 Å². The number of amides is 2. The molecule has 0 bridgehead atoms. The number of aromatic nitrogens is 3. The number of carbonyl (C=O) groups is 2. The quantitative estimate of drug-likeness (QED) is 0.0259. The van der Waals surface area contributed by atoms with Crippen LogP contribution in [0.3, 0.4) is 0 Å². The Bertz CT molecular complexity index is 3490. The van der Waals surface area contributed by atoms with Gasteiger partial charge < -0.3 is 29.9 Å². The third kappa shape index (κ3) is 13.3. The highest BCUT2D eigenvalue weighted by molar-refractivity contribution is 6.41. The topological polar surface area (TPSA) is 134 Å². The van der Waals surface area contributed by atoms with Crippen LogP contribution in [0.25, 0.3) is 43.1 Å². The van der Waals surface area contributed by atoms with Crippen molar-refractivity contribution in [2.45, 2.75) is 196 Å². The van der Waals surface area contributed by atoms with Crippen LogP contribution >= 0.6 is 0 Å². The van der Waals surface area contributed by atoms with E-state index in [0.717, 1.165) is 118 Å². The lowest BCUT2D eigenvalue weighted by Gasteiger charge is -2.37. The van der Waals surface area contributed by atoms with E-state index >= 15 is 0 Å². The number of hydrogen-bond donors (Lipinski definition) is 3. The van der Waals surface area contributed by atoms with Crippen molar-refractivity contribution in [1.82, 2.24) is 20.3 Å². The van der Waals surface area contributed by atoms with Gasteiger partial charge in [0.2, 0.25) is 17.8 Å². The molecule has 0 radical (unpaired) electrons. The van der Waals surface area contributed by atoms with E-state index in [1.165, 1.54) is 64.2 Å². The molecule has 2 aliphatic rings. The molecular formula is C73H94N8O4. The van der Waals surface area contributed by atoms with Gasteiger partial charge in [0.05, 0.1) is 11.1 Å². The van der Waals surface area contributed by atoms with Crippen LogP contribution in [0, 0.1) is 0 Å². The Kier molecular flexibility index (Phi) is 17.7. The summed E-state index contributed by atoms with van der Waals surface area (Å²) in [6.45, 7) is 35.8. The average molecular weight is 1150 g/mol. The number of piperazine rings is 1. The molecule has 0 aliphatic carbocycles. The minimum atomic E-state index is -0.461. The zero-order valence-corrected chi connectivity index (χ0v) is 53.6. The molecule has 0 unspecified atom stereocenters. The van der Waals surface area contributed by atoms with Crippen molar-refractivity contribution in [2.75, 3.05) is 59.7 Å². The number of unbranched alkanes of at least 4 members (excludes halogenated alkanes) is 10. The van der Waals surface area contributed by atoms with Gasteiger partial charge in [-0.15, -0.1) is 0 Å². The van der Waals surface area contributed by atoms with Gasteiger partial charge in [-0.2, -0.15) is 15.0 Å². The number of fused-ring (bicyclic) bond motifs is 2. The molecule has 450 valence electrons. The van der Waals surface area contributed by atoms with Gasteiger partial charge in [0.1, 0.15) is 23.0 Å². The molecule has 0 saturated carbocycles. The summed E-state index contributed by atoms with van der Waals surface area (Å²) in [7, 11) is 0. The third-order valence-corrected chi connectivity index (χ3v) is 17.5. The zero-order valence-electron chi connectivity index (χ0n) is 53.6. The molecule has 2 aliphatic heterocycles. The number of nitrogens with one attached hydrogen (secondary N) is 3. The maximum absolute atomic E-state index is 14.4. The Labute approximate surface area is 506 Å². The van der Waals surface area contributed by atoms with E-state index in [1.807, 2.05) is 12.1 Å². The van der Waals surface area contributed by atoms with Gasteiger partial charge in [0.25, 0.3) is 11.8 Å². The van der Waals surface area contributed by atoms with E-state index in [1.54, 1.807) is 0 Å². The first-order chi connectivity index (χ1) is 40.4. The molecule has 1 aromatic heterocycles. The molecule has 12 nitrogen and oxygen atoms in total. The van der Waals surface area contributed by atoms with Crippen molar-refractivity contribution in [3.05, 3.63) is 112 Å². The molecule has 1 fully saturated rings. The molecule has 3 N–H and O–H groups in total. The highest BCUT2D eigenvalue weighted by atomic mass is 16.5. The summed E-state index contributed by atoms with van der Waals surface area (Å²) in [6, 6.07) is 27.8. The number of imide groups is 1. The first-order valence-corrected chi connectivity index (χ1v) is 31.9. The molecule has 0 atom stereocenters. The normalized spacial score (nSPS) is 14.3. The predicted octanol–water partition coefficient (Wildman–Crippen LogP) is 18.5. The van der Waals surface area contributed by atoms with Crippen LogP contribution in [0.4, 0.5) is 23.5 Å². The van der Waals surface area contributed by atoms with Crippen molar-refractivity contribution in [1.29, 1.82) is 0 Å². The van der Waals surface area contributed by atoms with Crippen LogP contribution in [0.5, 0.6) is 23.0 Å². The summed E-state index contributed by atoms with van der Waals surface area (Å²) in [5.74, 6) is 3.44. The first kappa shape index (κ1) is 60.9. The van der Waals surface area contributed by atoms with E-state index in [0.29, 0.717) is 57.4 Å². The van der Waals surface area contributed by atoms with Crippen LogP contribution in [-0.2, 0) is 21.7 Å². The molecule has 2 amide bonds. The third-order valence-electron chi connectivity index (χ3n) is 17.5. The Morgan fingerprint density at radius 2 is 0.859 bits per heavy atom. The van der Waals surface area contributed by atoms with E-state index in [9.17, 15) is 9.59 Å². The molecule has 85 heavy (non-hydrogen) atoms. The number of rotatable bonds is 22. The molecule has 0 spiro atoms. The van der Waals surface area contributed by atoms with Crippen molar-refractivity contribution in [3.8, 4) is 23.0 Å². The van der Waals surface area contributed by atoms with Crippen LogP contribution in [0.15, 0.2) is 78.9 Å². The summed E-state index contributed by atoms with van der Waals surface area (Å²) >= 11 is 0. The van der Waals surface area contributed by atoms with Crippen LogP contribution in [0.2, 0.25) is 0 Å². The number of hydrogen-bond acceptors (Lipinski definition) is 11. The molecule has 8 aromatic rings. The van der Waals surface area contributed by atoms with Gasteiger partial charge in [-0.3, -0.25) is 14.9 Å². The second-order valence-electron chi connectivity index (χ2n) is 28.3. The highest BCUT2D eigenvalue weighted by Gasteiger charge is 2.34. The SMILES string of the molecule is CCCCCCCCNc1nc(NCCCCCCCC)nc(N2CCN(c3ccc4c5c(Oc6cc(C(C)(C)C)cc(C(C)(C)C)c6)cc6c7c(cc(Oc8cc(C(C)(C)C)cc(C(C)(C)C)c8)c(c8cccc3c84)c75)C(=O)NC6=O)CC2)n1. The fourth-order valence-electron chi connectivity index (χ4n) is 12.3. The van der Waals surface area contributed by atoms with Gasteiger partial charge in [-0.1, -0.05) is 198 Å². The first-order valence-electron chi connectivity index (χ1n) is 31.9. The van der Waals surface area contributed by atoms with Gasteiger partial charge in [-0.05, 0) is 115 Å². The fourth-order valence-corrected chi connectivity index (χ4v) is 12.3. The van der Waals surface area contributed by atoms with Gasteiger partial charge in [0, 0.05) is 71.9 Å². The maximum atomic E-state index is 14.4. The molecular weight excluding hydrogens is 1050 g/mol. The van der Waals surface area contributed by atoms with E-state index in [-0.39, 0.29) is 21.7 Å². The summed E-state index contributed by atoms with van der Waals surface area (Å²) in [5, 5.41) is 16.9. The van der Waals surface area contributed by atoms with E-state index < -0.39 is 11.8 Å². The average Bonchev–Trinajstić information content (AvgIpc) is 0.823. The Morgan fingerprint density at radius 3 is 1.31 bits per heavy atom. The highest BCUT2D eigenvalue weighted by Crippen LogP contribution is 2.53. The van der Waals surface area contributed by atoms with Crippen molar-refractivity contribution in [3.63, 3.8) is 0 Å². The molecule has 10 rings (SSSR count). The minimum absolute atomic E-state index is 0.174. The summed E-state index contributed by atoms with van der Waals surface area (Å²) in [4.78, 5) is 48.5. The molecule has 1 saturated heterocycles. The summed E-state index contributed by atoms with van der Waals surface area (Å²) in [5.41, 5.74) is 5.78. The number of ether oxygens (including phenoxy) is 2. The standard InChI is InChI=1S/C73H94N8O4/c1-15-17-19-21-23-25-32-74-67-77-68(75-33-26-24-22-20-18-16-2)79-69(78-67)81-36-34-80(35-37-81)57-31-30-54-60-52(57)28-27-29-53(60)62-58(84-50-40-46(70(3,4)5)38-47(41-50)71(6,7)8)44-55-61-56(66(83)76-65(55)82)45-59(63(54)64(61)62)85-51-42-48(72(9,10)11)39-49(43-51)73(12,13)14/h27-31,38-45H,15-26,32-37H2,1-14H3,(H,76,82,83)(H2,74,75,77,78,79). The lowest BCUT2D eigenvalue weighted by Crippen LogP contribution is -2.47. The number of nitrogens with zero attached hydrogens (tertiary/aromatic N) is 5. The monoisotopic (exact) mass is 1150 g/mol. The van der Waals surface area contributed by atoms with Gasteiger partial charge >= 0.3 is 0 Å². The second-order valence-corrected chi connectivity index (χ2v) is 28.3. The second kappa shape index (κ2) is 24.6. The van der Waals surface area contributed by atoms with Crippen LogP contribution < -0.4 is 35.2 Å². The summed E-state index contributed by atoms with van der Waals surface area (Å²) < 4.78 is 14.6. The van der Waals surface area contributed by atoms with Gasteiger partial charge in [-0.25, -0.2) is 0 Å². The number of carbonyl (C=O) groups excluding carboxylic acids is 2. The summed E-state index contributed by atoms with van der Waals surface area (Å²) in [6.07, 6.45) is 14.7. The lowest BCUT2D eigenvalue weighted by atomic mass is 9.80. The fraction of sp³-hybridized carbons (Fsp3) is 0.493. The van der Waals surface area contributed by atoms with E-state index in [4.69, 9.17) is 24.4 Å². The Hall–Kier alpha value is -7.21.